The van der Waals surface area contributed by atoms with Crippen molar-refractivity contribution in [1.82, 2.24) is 5.32 Å². The molecule has 2 aromatic carbocycles. The lowest BCUT2D eigenvalue weighted by atomic mass is 10.1. The molecular formula is C17H11BrFN3O2S. The maximum Gasteiger partial charge on any atom is 0.251 e. The first kappa shape index (κ1) is 17.4. The van der Waals surface area contributed by atoms with E-state index >= 15 is 0 Å². The van der Waals surface area contributed by atoms with Crippen molar-refractivity contribution >= 4 is 62.7 Å². The largest absolute Gasteiger partial charge is 0.301 e. The number of thiocarbonyl (C=S) groups is 1. The highest BCUT2D eigenvalue weighted by Crippen LogP contribution is 2.23. The first-order valence-electron chi connectivity index (χ1n) is 7.20. The number of carbonyl (C=O) groups is 2. The molecule has 1 heterocycles. The lowest BCUT2D eigenvalue weighted by molar-refractivity contribution is -0.130. The van der Waals surface area contributed by atoms with Crippen LogP contribution in [0.3, 0.4) is 0 Å². The SMILES string of the molecule is O=C1NC(=S)N(c2ccc(Br)cc2)C(=O)[C@H]1C=Nc1ccccc1F. The first-order valence-corrected chi connectivity index (χ1v) is 8.40. The maximum atomic E-state index is 13.6. The van der Waals surface area contributed by atoms with Gasteiger partial charge in [-0.1, -0.05) is 28.1 Å². The van der Waals surface area contributed by atoms with Gasteiger partial charge in [0.05, 0.1) is 11.4 Å². The Kier molecular flexibility index (Phi) is 5.00. The summed E-state index contributed by atoms with van der Waals surface area (Å²) >= 11 is 8.42. The van der Waals surface area contributed by atoms with Crippen LogP contribution in [0, 0.1) is 11.7 Å². The van der Waals surface area contributed by atoms with E-state index in [4.69, 9.17) is 12.2 Å². The predicted octanol–water partition coefficient (Wildman–Crippen LogP) is 3.35. The van der Waals surface area contributed by atoms with Gasteiger partial charge in [0.15, 0.2) is 11.0 Å². The van der Waals surface area contributed by atoms with Gasteiger partial charge in [0.2, 0.25) is 5.91 Å². The smallest absolute Gasteiger partial charge is 0.251 e. The highest BCUT2D eigenvalue weighted by Gasteiger charge is 2.38. The number of carbonyl (C=O) groups excluding carboxylic acids is 2. The zero-order valence-electron chi connectivity index (χ0n) is 12.6. The van der Waals surface area contributed by atoms with E-state index in [1.165, 1.54) is 23.1 Å². The molecule has 1 N–H and O–H groups in total. The van der Waals surface area contributed by atoms with Crippen molar-refractivity contribution < 1.29 is 14.0 Å². The summed E-state index contributed by atoms with van der Waals surface area (Å²) in [5, 5.41) is 2.47. The number of rotatable bonds is 3. The van der Waals surface area contributed by atoms with Crippen LogP contribution in [0.4, 0.5) is 15.8 Å². The van der Waals surface area contributed by atoms with E-state index in [1.54, 1.807) is 30.3 Å². The molecule has 8 heteroatoms. The summed E-state index contributed by atoms with van der Waals surface area (Å²) in [4.78, 5) is 30.0. The fourth-order valence-electron chi connectivity index (χ4n) is 2.27. The second-order valence-corrected chi connectivity index (χ2v) is 6.45. The van der Waals surface area contributed by atoms with Crippen molar-refractivity contribution in [3.8, 4) is 0 Å². The van der Waals surface area contributed by atoms with Crippen molar-refractivity contribution in [3.63, 3.8) is 0 Å². The van der Waals surface area contributed by atoms with E-state index in [1.807, 2.05) is 0 Å². The number of benzene rings is 2. The number of nitrogens with one attached hydrogen (secondary N) is 1. The van der Waals surface area contributed by atoms with Gasteiger partial charge in [-0.25, -0.2) is 4.39 Å². The Morgan fingerprint density at radius 1 is 1.16 bits per heavy atom. The van der Waals surface area contributed by atoms with E-state index in [-0.39, 0.29) is 10.8 Å². The van der Waals surface area contributed by atoms with Gasteiger partial charge in [-0.2, -0.15) is 0 Å². The predicted molar refractivity (Wildman–Crippen MR) is 100 cm³/mol. The van der Waals surface area contributed by atoms with Crippen LogP contribution in [0.2, 0.25) is 0 Å². The van der Waals surface area contributed by atoms with E-state index in [0.717, 1.165) is 10.7 Å². The third-order valence-electron chi connectivity index (χ3n) is 3.50. The molecule has 2 amide bonds. The Morgan fingerprint density at radius 3 is 2.52 bits per heavy atom. The summed E-state index contributed by atoms with van der Waals surface area (Å²) in [6, 6.07) is 12.7. The molecule has 1 fully saturated rings. The molecule has 1 aliphatic heterocycles. The fourth-order valence-corrected chi connectivity index (χ4v) is 2.83. The average Bonchev–Trinajstić information content (AvgIpc) is 2.57. The number of hydrogen-bond donors (Lipinski definition) is 1. The fraction of sp³-hybridized carbons (Fsp3) is 0.0588. The summed E-state index contributed by atoms with van der Waals surface area (Å²) in [6.07, 6.45) is 1.13. The summed E-state index contributed by atoms with van der Waals surface area (Å²) < 4.78 is 14.5. The highest BCUT2D eigenvalue weighted by atomic mass is 79.9. The molecule has 0 radical (unpaired) electrons. The highest BCUT2D eigenvalue weighted by molar-refractivity contribution is 9.10. The zero-order valence-corrected chi connectivity index (χ0v) is 15.1. The monoisotopic (exact) mass is 419 g/mol. The number of nitrogens with zero attached hydrogens (tertiary/aromatic N) is 2. The summed E-state index contributed by atoms with van der Waals surface area (Å²) in [7, 11) is 0. The van der Waals surface area contributed by atoms with Crippen LogP contribution < -0.4 is 10.2 Å². The summed E-state index contributed by atoms with van der Waals surface area (Å²) in [5.41, 5.74) is 0.564. The van der Waals surface area contributed by atoms with Crippen LogP contribution in [-0.4, -0.2) is 23.1 Å². The molecule has 1 atom stereocenters. The maximum absolute atomic E-state index is 13.6. The Bertz CT molecular complexity index is 886. The van der Waals surface area contributed by atoms with Gasteiger partial charge >= 0.3 is 0 Å². The molecule has 1 aliphatic rings. The number of anilines is 1. The van der Waals surface area contributed by atoms with Gasteiger partial charge in [-0.15, -0.1) is 0 Å². The van der Waals surface area contributed by atoms with Crippen molar-refractivity contribution in [2.24, 2.45) is 10.9 Å². The van der Waals surface area contributed by atoms with Gasteiger partial charge in [0, 0.05) is 10.7 Å². The van der Waals surface area contributed by atoms with Gasteiger partial charge < -0.3 is 5.32 Å². The van der Waals surface area contributed by atoms with Gasteiger partial charge in [-0.05, 0) is 48.6 Å². The molecule has 5 nitrogen and oxygen atoms in total. The van der Waals surface area contributed by atoms with E-state index in [9.17, 15) is 14.0 Å². The minimum absolute atomic E-state index is 0.00661. The zero-order chi connectivity index (χ0) is 18.0. The molecular weight excluding hydrogens is 409 g/mol. The summed E-state index contributed by atoms with van der Waals surface area (Å²) in [5.74, 6) is -2.88. The molecule has 0 aliphatic carbocycles. The van der Waals surface area contributed by atoms with E-state index in [2.05, 4.69) is 26.2 Å². The second kappa shape index (κ2) is 7.20. The third-order valence-corrected chi connectivity index (χ3v) is 4.32. The lowest BCUT2D eigenvalue weighted by Crippen LogP contribution is -2.58. The Hall–Kier alpha value is -2.45. The minimum atomic E-state index is -1.20. The Labute approximate surface area is 156 Å². The quantitative estimate of drug-likeness (QED) is 0.471. The van der Waals surface area contributed by atoms with Gasteiger partial charge in [0.1, 0.15) is 5.82 Å². The van der Waals surface area contributed by atoms with Crippen LogP contribution in [-0.2, 0) is 9.59 Å². The number of amides is 2. The normalized spacial score (nSPS) is 17.9. The number of aliphatic imine (C=N–C) groups is 1. The van der Waals surface area contributed by atoms with Crippen LogP contribution >= 0.6 is 28.1 Å². The average molecular weight is 420 g/mol. The molecule has 25 heavy (non-hydrogen) atoms. The Morgan fingerprint density at radius 2 is 1.84 bits per heavy atom. The van der Waals surface area contributed by atoms with E-state index in [0.29, 0.717) is 5.69 Å². The third kappa shape index (κ3) is 3.64. The molecule has 1 saturated heterocycles. The standard InChI is InChI=1S/C17H11BrFN3O2S/c18-10-5-7-11(8-6-10)22-16(24)12(15(23)21-17(22)25)9-20-14-4-2-1-3-13(14)19/h1-9,12H,(H,21,23,25)/t12-/m0/s1. The number of hydrogen-bond acceptors (Lipinski definition) is 4. The van der Waals surface area contributed by atoms with Crippen molar-refractivity contribution in [3.05, 3.63) is 58.8 Å². The molecule has 0 saturated carbocycles. The lowest BCUT2D eigenvalue weighted by Gasteiger charge is -2.30. The topological polar surface area (TPSA) is 61.8 Å². The van der Waals surface area contributed by atoms with Crippen molar-refractivity contribution in [1.29, 1.82) is 0 Å². The molecule has 0 spiro atoms. The molecule has 0 unspecified atom stereocenters. The molecule has 0 bridgehead atoms. The molecule has 2 aromatic rings. The second-order valence-electron chi connectivity index (χ2n) is 5.15. The van der Waals surface area contributed by atoms with Crippen molar-refractivity contribution in [2.75, 3.05) is 4.90 Å². The first-order chi connectivity index (χ1) is 12.0. The minimum Gasteiger partial charge on any atom is -0.301 e. The van der Waals surface area contributed by atoms with Gasteiger partial charge in [0.25, 0.3) is 5.91 Å². The number of para-hydroxylation sites is 1. The summed E-state index contributed by atoms with van der Waals surface area (Å²) in [6.45, 7) is 0. The van der Waals surface area contributed by atoms with Gasteiger partial charge in [-0.3, -0.25) is 19.5 Å². The molecule has 126 valence electrons. The van der Waals surface area contributed by atoms with E-state index < -0.39 is 23.5 Å². The van der Waals surface area contributed by atoms with Crippen LogP contribution in [0.1, 0.15) is 0 Å². The number of halogens is 2. The van der Waals surface area contributed by atoms with Crippen LogP contribution in [0.25, 0.3) is 0 Å². The molecule has 3 rings (SSSR count). The Balaban J connectivity index is 1.90. The van der Waals surface area contributed by atoms with Crippen molar-refractivity contribution in [2.45, 2.75) is 0 Å². The van der Waals surface area contributed by atoms with Crippen LogP contribution in [0.15, 0.2) is 58.0 Å². The van der Waals surface area contributed by atoms with Crippen LogP contribution in [0.5, 0.6) is 0 Å². The molecule has 0 aromatic heterocycles.